The van der Waals surface area contributed by atoms with Crippen LogP contribution in [-0.2, 0) is 18.3 Å². The lowest BCUT2D eigenvalue weighted by Crippen LogP contribution is -2.74. The quantitative estimate of drug-likeness (QED) is 0.803. The molecule has 7 rings (SSSR count). The Balaban J connectivity index is 1.49. The van der Waals surface area contributed by atoms with E-state index >= 15 is 0 Å². The molecule has 1 saturated carbocycles. The van der Waals surface area contributed by atoms with Gasteiger partial charge in [-0.05, 0) is 61.4 Å². The molecular formula is C24H23N3O3. The molecule has 30 heavy (non-hydrogen) atoms. The van der Waals surface area contributed by atoms with Gasteiger partial charge in [-0.2, -0.15) is 5.26 Å². The standard InChI is InChI=1S/C24H23N3O3/c25-10-14-7-16-9-24(29)18-8-15-3-4-17(28)21-19(15)23(24,22(30-21)20(16)26-11-14)5-6-27(18)12-13-1-2-13/h3-4,7,11,13,18,22,28-29H,1-2,5-6,8-9,12H2/t18-,22+,23+,24-/m1/s1. The number of phenolic OH excluding ortho intramolecular Hbond substituents is 1. The second-order valence-electron chi connectivity index (χ2n) is 9.81. The van der Waals surface area contributed by atoms with Crippen LogP contribution in [0.1, 0.15) is 53.3 Å². The molecule has 1 aromatic heterocycles. The van der Waals surface area contributed by atoms with Gasteiger partial charge in [-0.1, -0.05) is 6.07 Å². The van der Waals surface area contributed by atoms with Gasteiger partial charge in [0.1, 0.15) is 6.07 Å². The lowest BCUT2D eigenvalue weighted by atomic mass is 9.49. The van der Waals surface area contributed by atoms with Gasteiger partial charge in [-0.25, -0.2) is 0 Å². The zero-order chi connectivity index (χ0) is 20.3. The fourth-order valence-corrected chi connectivity index (χ4v) is 6.90. The highest BCUT2D eigenvalue weighted by Gasteiger charge is 2.72. The first kappa shape index (κ1) is 17.1. The van der Waals surface area contributed by atoms with Crippen LogP contribution in [0.15, 0.2) is 24.4 Å². The zero-order valence-corrected chi connectivity index (χ0v) is 16.6. The van der Waals surface area contributed by atoms with Gasteiger partial charge in [-0.15, -0.1) is 0 Å². The van der Waals surface area contributed by atoms with Crippen LogP contribution in [0.3, 0.4) is 0 Å². The summed E-state index contributed by atoms with van der Waals surface area (Å²) in [4.78, 5) is 7.13. The number of phenols is 1. The number of aliphatic hydroxyl groups is 1. The highest BCUT2D eigenvalue weighted by atomic mass is 16.5. The Hall–Kier alpha value is -2.62. The van der Waals surface area contributed by atoms with E-state index in [9.17, 15) is 15.5 Å². The number of aromatic hydroxyl groups is 1. The Morgan fingerprint density at radius 2 is 2.17 bits per heavy atom. The van der Waals surface area contributed by atoms with Crippen LogP contribution in [0.2, 0.25) is 0 Å². The molecule has 2 N–H and O–H groups in total. The Labute approximate surface area is 174 Å². The fourth-order valence-electron chi connectivity index (χ4n) is 6.90. The minimum Gasteiger partial charge on any atom is -0.504 e. The number of aromatic nitrogens is 1. The van der Waals surface area contributed by atoms with Crippen molar-refractivity contribution in [1.29, 1.82) is 5.26 Å². The lowest BCUT2D eigenvalue weighted by Gasteiger charge is -2.62. The van der Waals surface area contributed by atoms with Crippen LogP contribution in [0.25, 0.3) is 0 Å². The van der Waals surface area contributed by atoms with Gasteiger partial charge in [0.05, 0.1) is 22.3 Å². The smallest absolute Gasteiger partial charge is 0.166 e. The summed E-state index contributed by atoms with van der Waals surface area (Å²) in [7, 11) is 0. The van der Waals surface area contributed by atoms with E-state index in [-0.39, 0.29) is 11.8 Å². The Morgan fingerprint density at radius 1 is 1.30 bits per heavy atom. The fraction of sp³-hybridized carbons (Fsp3) is 0.500. The van der Waals surface area contributed by atoms with E-state index in [0.717, 1.165) is 48.7 Å². The average molecular weight is 401 g/mol. The molecule has 2 fully saturated rings. The van der Waals surface area contributed by atoms with Crippen LogP contribution in [0.5, 0.6) is 11.5 Å². The second kappa shape index (κ2) is 5.35. The van der Waals surface area contributed by atoms with Gasteiger partial charge in [0.2, 0.25) is 0 Å². The Bertz CT molecular complexity index is 1150. The number of nitriles is 1. The predicted octanol–water partition coefficient (Wildman–Crippen LogP) is 2.36. The lowest BCUT2D eigenvalue weighted by molar-refractivity contribution is -0.173. The van der Waals surface area contributed by atoms with Crippen LogP contribution < -0.4 is 4.74 Å². The molecule has 0 amide bonds. The maximum absolute atomic E-state index is 12.5. The van der Waals surface area contributed by atoms with Crippen molar-refractivity contribution in [3.05, 3.63) is 52.3 Å². The van der Waals surface area contributed by atoms with E-state index in [2.05, 4.69) is 16.0 Å². The highest BCUT2D eigenvalue weighted by Crippen LogP contribution is 2.68. The summed E-state index contributed by atoms with van der Waals surface area (Å²) in [5.74, 6) is 1.40. The third kappa shape index (κ3) is 1.85. The second-order valence-corrected chi connectivity index (χ2v) is 9.81. The third-order valence-corrected chi connectivity index (χ3v) is 8.35. The maximum atomic E-state index is 12.5. The summed E-state index contributed by atoms with van der Waals surface area (Å²) >= 11 is 0. The molecule has 3 aliphatic carbocycles. The molecule has 152 valence electrons. The number of likely N-dealkylation sites (tertiary alicyclic amines) is 1. The number of nitrogens with zero attached hydrogens (tertiary/aromatic N) is 3. The average Bonchev–Trinajstić information content (AvgIpc) is 3.48. The number of piperidine rings is 1. The van der Waals surface area contributed by atoms with E-state index in [1.165, 1.54) is 18.4 Å². The number of fused-ring (bicyclic) bond motifs is 2. The Kier molecular flexibility index (Phi) is 3.05. The molecule has 3 heterocycles. The molecule has 0 radical (unpaired) electrons. The molecule has 2 bridgehead atoms. The van der Waals surface area contributed by atoms with E-state index in [0.29, 0.717) is 17.7 Å². The van der Waals surface area contributed by atoms with Gasteiger partial charge in [0.25, 0.3) is 0 Å². The number of hydrogen-bond acceptors (Lipinski definition) is 6. The number of ether oxygens (including phenoxy) is 1. The molecule has 1 aromatic carbocycles. The van der Waals surface area contributed by atoms with Crippen molar-refractivity contribution in [3.63, 3.8) is 0 Å². The largest absolute Gasteiger partial charge is 0.504 e. The summed E-state index contributed by atoms with van der Waals surface area (Å²) < 4.78 is 6.43. The summed E-state index contributed by atoms with van der Waals surface area (Å²) in [6, 6.07) is 7.77. The molecule has 2 aliphatic heterocycles. The number of rotatable bonds is 2. The number of pyridine rings is 1. The van der Waals surface area contributed by atoms with Gasteiger partial charge in [0.15, 0.2) is 17.6 Å². The summed E-state index contributed by atoms with van der Waals surface area (Å²) in [6.45, 7) is 1.96. The van der Waals surface area contributed by atoms with Gasteiger partial charge < -0.3 is 14.9 Å². The molecule has 6 nitrogen and oxygen atoms in total. The van der Waals surface area contributed by atoms with E-state index in [1.54, 1.807) is 12.3 Å². The molecular weight excluding hydrogens is 378 g/mol. The molecule has 6 heteroatoms. The van der Waals surface area contributed by atoms with Crippen LogP contribution in [0, 0.1) is 17.2 Å². The summed E-state index contributed by atoms with van der Waals surface area (Å²) in [6.07, 6.45) is 5.72. The van der Waals surface area contributed by atoms with E-state index < -0.39 is 17.1 Å². The molecule has 0 unspecified atom stereocenters. The van der Waals surface area contributed by atoms with Crippen LogP contribution in [0.4, 0.5) is 0 Å². The maximum Gasteiger partial charge on any atom is 0.166 e. The van der Waals surface area contributed by atoms with Crippen molar-refractivity contribution in [2.45, 2.75) is 55.3 Å². The van der Waals surface area contributed by atoms with Crippen molar-refractivity contribution >= 4 is 0 Å². The minimum atomic E-state index is -1.01. The topological polar surface area (TPSA) is 89.6 Å². The van der Waals surface area contributed by atoms with Crippen molar-refractivity contribution in [2.75, 3.05) is 13.1 Å². The normalized spacial score (nSPS) is 35.2. The highest BCUT2D eigenvalue weighted by molar-refractivity contribution is 5.64. The van der Waals surface area contributed by atoms with Crippen molar-refractivity contribution in [1.82, 2.24) is 9.88 Å². The first-order chi connectivity index (χ1) is 14.5. The predicted molar refractivity (Wildman–Crippen MR) is 107 cm³/mol. The molecule has 4 atom stereocenters. The van der Waals surface area contributed by atoms with Crippen molar-refractivity contribution < 1.29 is 14.9 Å². The van der Waals surface area contributed by atoms with Crippen LogP contribution >= 0.6 is 0 Å². The SMILES string of the molecule is N#Cc1cnc2c(c1)C[C@@]1(O)[C@H]3Cc4ccc(O)c5c4[C@@]1(CCN3CC1CC1)[C@H]2O5. The third-order valence-electron chi connectivity index (χ3n) is 8.35. The minimum absolute atomic E-state index is 0.000153. The zero-order valence-electron chi connectivity index (χ0n) is 16.6. The van der Waals surface area contributed by atoms with Crippen molar-refractivity contribution in [3.8, 4) is 17.6 Å². The van der Waals surface area contributed by atoms with Crippen molar-refractivity contribution in [2.24, 2.45) is 5.92 Å². The number of hydrogen-bond donors (Lipinski definition) is 2. The van der Waals surface area contributed by atoms with Crippen LogP contribution in [-0.4, -0.2) is 44.8 Å². The summed E-state index contributed by atoms with van der Waals surface area (Å²) in [5.41, 5.74) is 2.75. The number of benzene rings is 1. The summed E-state index contributed by atoms with van der Waals surface area (Å²) in [5, 5.41) is 32.5. The van der Waals surface area contributed by atoms with Gasteiger partial charge in [-0.3, -0.25) is 9.88 Å². The Morgan fingerprint density at radius 3 is 2.97 bits per heavy atom. The first-order valence-corrected chi connectivity index (χ1v) is 10.9. The van der Waals surface area contributed by atoms with Gasteiger partial charge in [0, 0.05) is 30.8 Å². The molecule has 1 saturated heterocycles. The molecule has 2 aromatic rings. The first-order valence-electron chi connectivity index (χ1n) is 10.9. The molecule has 1 spiro atoms. The van der Waals surface area contributed by atoms with Gasteiger partial charge >= 0.3 is 0 Å². The van der Waals surface area contributed by atoms with E-state index in [4.69, 9.17) is 4.74 Å². The van der Waals surface area contributed by atoms with E-state index in [1.807, 2.05) is 12.1 Å². The molecule has 5 aliphatic rings. The monoisotopic (exact) mass is 401 g/mol.